The van der Waals surface area contributed by atoms with Gasteiger partial charge in [-0.3, -0.25) is 9.67 Å². The summed E-state index contributed by atoms with van der Waals surface area (Å²) in [6.07, 6.45) is 9.58. The highest BCUT2D eigenvalue weighted by molar-refractivity contribution is 7.89. The van der Waals surface area contributed by atoms with Gasteiger partial charge >= 0.3 is 0 Å². The summed E-state index contributed by atoms with van der Waals surface area (Å²) in [5.41, 5.74) is 3.81. The first-order chi connectivity index (χ1) is 17.8. The van der Waals surface area contributed by atoms with E-state index < -0.39 is 10.0 Å². The van der Waals surface area contributed by atoms with E-state index in [9.17, 15) is 8.42 Å². The molecule has 0 amide bonds. The number of fused-ring (bicyclic) bond motifs is 1. The molecule has 0 aliphatic heterocycles. The summed E-state index contributed by atoms with van der Waals surface area (Å²) in [7, 11) is -2.12. The van der Waals surface area contributed by atoms with Crippen LogP contribution in [0.5, 0.6) is 5.75 Å². The molecule has 196 valence electrons. The lowest BCUT2D eigenvalue weighted by molar-refractivity contribution is 0.412. The van der Waals surface area contributed by atoms with Crippen molar-refractivity contribution in [3.05, 3.63) is 54.2 Å². The Labute approximate surface area is 217 Å². The first kappa shape index (κ1) is 25.2. The van der Waals surface area contributed by atoms with Gasteiger partial charge in [0.1, 0.15) is 10.6 Å². The van der Waals surface area contributed by atoms with E-state index in [1.807, 2.05) is 42.8 Å². The maximum atomic E-state index is 13.3. The molecule has 1 aromatic carbocycles. The van der Waals surface area contributed by atoms with Crippen LogP contribution in [0, 0.1) is 13.8 Å². The van der Waals surface area contributed by atoms with Crippen LogP contribution in [0.3, 0.4) is 0 Å². The number of hydrogen-bond acceptors (Lipinski definition) is 7. The average Bonchev–Trinajstić information content (AvgIpc) is 3.61. The molecular weight excluding hydrogens is 490 g/mol. The van der Waals surface area contributed by atoms with Crippen molar-refractivity contribution in [3.8, 4) is 11.4 Å². The smallest absolute Gasteiger partial charge is 0.244 e. The Hall–Kier alpha value is -3.44. The van der Waals surface area contributed by atoms with Gasteiger partial charge in [0.2, 0.25) is 10.0 Å². The fourth-order valence-corrected chi connectivity index (χ4v) is 6.86. The number of rotatable bonds is 9. The van der Waals surface area contributed by atoms with Crippen LogP contribution >= 0.6 is 0 Å². The molecule has 1 aliphatic carbocycles. The molecule has 1 saturated carbocycles. The second-order valence-electron chi connectivity index (χ2n) is 9.66. The highest BCUT2D eigenvalue weighted by atomic mass is 32.2. The Balaban J connectivity index is 1.31. The number of pyridine rings is 1. The molecular formula is C26H33N7O3S. The number of aryl methyl sites for hydroxylation is 1. The third-order valence-electron chi connectivity index (χ3n) is 6.95. The van der Waals surface area contributed by atoms with Crippen molar-refractivity contribution in [3.63, 3.8) is 0 Å². The molecule has 37 heavy (non-hydrogen) atoms. The molecule has 0 radical (unpaired) electrons. The molecule has 1 fully saturated rings. The van der Waals surface area contributed by atoms with Gasteiger partial charge in [0, 0.05) is 29.7 Å². The van der Waals surface area contributed by atoms with Crippen LogP contribution in [0.2, 0.25) is 0 Å². The van der Waals surface area contributed by atoms with E-state index in [-0.39, 0.29) is 12.1 Å². The summed E-state index contributed by atoms with van der Waals surface area (Å²) in [6, 6.07) is 7.68. The fraction of sp³-hybridized carbons (Fsp3) is 0.423. The fourth-order valence-electron chi connectivity index (χ4n) is 5.22. The molecule has 0 spiro atoms. The van der Waals surface area contributed by atoms with E-state index in [1.165, 1.54) is 0 Å². The molecule has 3 heterocycles. The van der Waals surface area contributed by atoms with E-state index in [1.54, 1.807) is 37.3 Å². The Kier molecular flexibility index (Phi) is 6.91. The summed E-state index contributed by atoms with van der Waals surface area (Å²) in [6.45, 7) is 5.87. The SMILES string of the molecule is COc1cncc(-n2ncc3c(NC[C@H](C)NS(=O)(=O)c4c(C)nn(C5CCCC5)c4C)cccc32)c1. The van der Waals surface area contributed by atoms with Crippen molar-refractivity contribution in [1.29, 1.82) is 0 Å². The summed E-state index contributed by atoms with van der Waals surface area (Å²) in [5, 5.41) is 13.4. The van der Waals surface area contributed by atoms with Gasteiger partial charge in [-0.25, -0.2) is 17.8 Å². The van der Waals surface area contributed by atoms with E-state index in [0.717, 1.165) is 48.0 Å². The van der Waals surface area contributed by atoms with E-state index in [2.05, 4.69) is 25.2 Å². The van der Waals surface area contributed by atoms with Crippen molar-refractivity contribution in [1.82, 2.24) is 29.3 Å². The second kappa shape index (κ2) is 10.1. The zero-order valence-corrected chi connectivity index (χ0v) is 22.4. The Bertz CT molecular complexity index is 1520. The van der Waals surface area contributed by atoms with Crippen LogP contribution in [-0.2, 0) is 10.0 Å². The highest BCUT2D eigenvalue weighted by Gasteiger charge is 2.29. The van der Waals surface area contributed by atoms with Crippen LogP contribution in [0.4, 0.5) is 5.69 Å². The number of nitrogens with one attached hydrogen (secondary N) is 2. The number of aromatic nitrogens is 5. The van der Waals surface area contributed by atoms with Crippen molar-refractivity contribution in [2.24, 2.45) is 0 Å². The van der Waals surface area contributed by atoms with Gasteiger partial charge in [-0.1, -0.05) is 18.9 Å². The topological polar surface area (TPSA) is 116 Å². The molecule has 0 bridgehead atoms. The van der Waals surface area contributed by atoms with Gasteiger partial charge in [0.25, 0.3) is 0 Å². The van der Waals surface area contributed by atoms with E-state index in [4.69, 9.17) is 4.74 Å². The van der Waals surface area contributed by atoms with Crippen LogP contribution < -0.4 is 14.8 Å². The number of anilines is 1. The number of nitrogens with zero attached hydrogens (tertiary/aromatic N) is 5. The maximum Gasteiger partial charge on any atom is 0.244 e. The molecule has 1 atom stereocenters. The monoisotopic (exact) mass is 523 g/mol. The number of methoxy groups -OCH3 is 1. The lowest BCUT2D eigenvalue weighted by Gasteiger charge is -2.17. The minimum atomic E-state index is -3.72. The van der Waals surface area contributed by atoms with Gasteiger partial charge in [-0.2, -0.15) is 10.2 Å². The third-order valence-corrected chi connectivity index (χ3v) is 8.79. The van der Waals surface area contributed by atoms with Gasteiger partial charge in [-0.15, -0.1) is 0 Å². The quantitative estimate of drug-likeness (QED) is 0.339. The zero-order chi connectivity index (χ0) is 26.2. The Morgan fingerprint density at radius 1 is 1.16 bits per heavy atom. The number of hydrogen-bond donors (Lipinski definition) is 2. The minimum Gasteiger partial charge on any atom is -0.495 e. The number of ether oxygens (including phenoxy) is 1. The largest absolute Gasteiger partial charge is 0.495 e. The summed E-state index contributed by atoms with van der Waals surface area (Å²) >= 11 is 0. The van der Waals surface area contributed by atoms with E-state index in [0.29, 0.717) is 28.6 Å². The first-order valence-corrected chi connectivity index (χ1v) is 14.0. The predicted molar refractivity (Wildman–Crippen MR) is 143 cm³/mol. The number of benzene rings is 1. The Morgan fingerprint density at radius 3 is 2.70 bits per heavy atom. The molecule has 4 aromatic rings. The summed E-state index contributed by atoms with van der Waals surface area (Å²) < 4.78 is 38.5. The van der Waals surface area contributed by atoms with Crippen LogP contribution in [0.1, 0.15) is 50.0 Å². The molecule has 0 unspecified atom stereocenters. The second-order valence-corrected chi connectivity index (χ2v) is 11.3. The zero-order valence-electron chi connectivity index (χ0n) is 21.6. The molecule has 0 saturated heterocycles. The normalized spacial score (nSPS) is 15.4. The van der Waals surface area contributed by atoms with Crippen LogP contribution in [-0.4, -0.2) is 52.7 Å². The number of sulfonamides is 1. The lowest BCUT2D eigenvalue weighted by atomic mass is 10.2. The van der Waals surface area contributed by atoms with Crippen molar-refractivity contribution < 1.29 is 13.2 Å². The van der Waals surface area contributed by atoms with Crippen LogP contribution in [0.25, 0.3) is 16.6 Å². The summed E-state index contributed by atoms with van der Waals surface area (Å²) in [5.74, 6) is 0.649. The average molecular weight is 524 g/mol. The maximum absolute atomic E-state index is 13.3. The third kappa shape index (κ3) is 4.93. The predicted octanol–water partition coefficient (Wildman–Crippen LogP) is 4.14. The minimum absolute atomic E-state index is 0.288. The van der Waals surface area contributed by atoms with E-state index >= 15 is 0 Å². The van der Waals surface area contributed by atoms with Crippen LogP contribution in [0.15, 0.2) is 47.8 Å². The summed E-state index contributed by atoms with van der Waals surface area (Å²) in [4.78, 5) is 4.52. The van der Waals surface area contributed by atoms with Gasteiger partial charge in [-0.05, 0) is 45.7 Å². The highest BCUT2D eigenvalue weighted by Crippen LogP contribution is 2.32. The Morgan fingerprint density at radius 2 is 1.95 bits per heavy atom. The standard InChI is InChI=1S/C26H33N7O3S/c1-17(31-37(34,35)26-18(2)30-32(19(26)3)20-8-5-6-9-20)13-28-24-10-7-11-25-23(24)16-29-33(25)21-12-22(36-4)15-27-14-21/h7,10-12,14-17,20,28,31H,5-6,8-9,13H2,1-4H3/t17-/m0/s1. The molecule has 11 heteroatoms. The molecule has 2 N–H and O–H groups in total. The van der Waals surface area contributed by atoms with Crippen molar-refractivity contribution in [2.75, 3.05) is 19.0 Å². The van der Waals surface area contributed by atoms with Gasteiger partial charge in [0.15, 0.2) is 0 Å². The molecule has 5 rings (SSSR count). The first-order valence-electron chi connectivity index (χ1n) is 12.6. The molecule has 1 aliphatic rings. The van der Waals surface area contributed by atoms with Crippen molar-refractivity contribution >= 4 is 26.6 Å². The van der Waals surface area contributed by atoms with Gasteiger partial charge in [0.05, 0.1) is 54.3 Å². The lowest BCUT2D eigenvalue weighted by Crippen LogP contribution is -2.37. The molecule has 3 aromatic heterocycles. The molecule has 10 nitrogen and oxygen atoms in total. The van der Waals surface area contributed by atoms with Gasteiger partial charge < -0.3 is 10.1 Å². The van der Waals surface area contributed by atoms with Crippen molar-refractivity contribution in [2.45, 2.75) is 63.4 Å².